The first-order chi connectivity index (χ1) is 11.6. The molecule has 7 heteroatoms. The summed E-state index contributed by atoms with van der Waals surface area (Å²) in [5, 5.41) is 3.05. The van der Waals surface area contributed by atoms with E-state index in [2.05, 4.69) is 15.0 Å². The minimum Gasteiger partial charge on any atom is -0.435 e. The standard InChI is InChI=1S/C17H19F2N3O2/c18-17(19)24-13-4-1-3-12(9-13)10-16(23)21-14-5-2-6-15(14)22-8-7-20-11-22/h1,3-4,7-9,11,14-15,17H,2,5-6,10H2,(H,21,23)/t14-,15+/m0/s1. The number of nitrogens with one attached hydrogen (secondary N) is 1. The summed E-state index contributed by atoms with van der Waals surface area (Å²) in [7, 11) is 0. The highest BCUT2D eigenvalue weighted by Gasteiger charge is 2.29. The third-order valence-electron chi connectivity index (χ3n) is 4.22. The molecule has 24 heavy (non-hydrogen) atoms. The Morgan fingerprint density at radius 3 is 3.04 bits per heavy atom. The monoisotopic (exact) mass is 335 g/mol. The summed E-state index contributed by atoms with van der Waals surface area (Å²) in [6, 6.07) is 6.51. The lowest BCUT2D eigenvalue weighted by Crippen LogP contribution is -2.38. The fraction of sp³-hybridized carbons (Fsp3) is 0.412. The molecule has 1 aromatic heterocycles. The van der Waals surface area contributed by atoms with Gasteiger partial charge in [0.1, 0.15) is 5.75 Å². The number of aromatic nitrogens is 2. The molecule has 0 aliphatic heterocycles. The number of ether oxygens (including phenoxy) is 1. The number of nitrogens with zero attached hydrogens (tertiary/aromatic N) is 2. The van der Waals surface area contributed by atoms with Gasteiger partial charge < -0.3 is 14.6 Å². The molecule has 1 aliphatic rings. The molecule has 1 saturated carbocycles. The van der Waals surface area contributed by atoms with Gasteiger partial charge in [0.2, 0.25) is 5.91 Å². The number of imidazole rings is 1. The summed E-state index contributed by atoms with van der Waals surface area (Å²) >= 11 is 0. The lowest BCUT2D eigenvalue weighted by molar-refractivity contribution is -0.121. The quantitative estimate of drug-likeness (QED) is 0.883. The maximum Gasteiger partial charge on any atom is 0.387 e. The predicted molar refractivity (Wildman–Crippen MR) is 83.8 cm³/mol. The maximum atomic E-state index is 12.3. The summed E-state index contributed by atoms with van der Waals surface area (Å²) in [6.45, 7) is -2.87. The number of carbonyl (C=O) groups is 1. The highest BCUT2D eigenvalue weighted by atomic mass is 19.3. The van der Waals surface area contributed by atoms with Gasteiger partial charge in [0.25, 0.3) is 0 Å². The molecule has 1 N–H and O–H groups in total. The van der Waals surface area contributed by atoms with E-state index in [9.17, 15) is 13.6 Å². The van der Waals surface area contributed by atoms with Crippen LogP contribution in [-0.2, 0) is 11.2 Å². The Kier molecular flexibility index (Phi) is 5.08. The van der Waals surface area contributed by atoms with Crippen molar-refractivity contribution in [1.29, 1.82) is 0 Å². The summed E-state index contributed by atoms with van der Waals surface area (Å²) in [5.41, 5.74) is 0.642. The van der Waals surface area contributed by atoms with Gasteiger partial charge in [-0.15, -0.1) is 0 Å². The van der Waals surface area contributed by atoms with E-state index in [1.807, 2.05) is 10.8 Å². The van der Waals surface area contributed by atoms with E-state index in [1.165, 1.54) is 12.1 Å². The van der Waals surface area contributed by atoms with Gasteiger partial charge >= 0.3 is 6.61 Å². The molecule has 2 aromatic rings. The maximum absolute atomic E-state index is 12.3. The van der Waals surface area contributed by atoms with Crippen LogP contribution in [0.15, 0.2) is 43.0 Å². The molecule has 0 spiro atoms. The Morgan fingerprint density at radius 1 is 1.42 bits per heavy atom. The van der Waals surface area contributed by atoms with Crippen molar-refractivity contribution < 1.29 is 18.3 Å². The zero-order valence-electron chi connectivity index (χ0n) is 13.1. The number of amides is 1. The Hall–Kier alpha value is -2.44. The van der Waals surface area contributed by atoms with Gasteiger partial charge in [-0.1, -0.05) is 12.1 Å². The van der Waals surface area contributed by atoms with Crippen LogP contribution in [0.1, 0.15) is 30.9 Å². The molecule has 3 rings (SSSR count). The molecule has 2 atom stereocenters. The second-order valence-electron chi connectivity index (χ2n) is 5.88. The molecule has 1 fully saturated rings. The molecule has 1 amide bonds. The van der Waals surface area contributed by atoms with Crippen LogP contribution in [0.4, 0.5) is 8.78 Å². The Labute approximate surface area is 138 Å². The molecular weight excluding hydrogens is 316 g/mol. The van der Waals surface area contributed by atoms with Crippen molar-refractivity contribution >= 4 is 5.91 Å². The van der Waals surface area contributed by atoms with Crippen LogP contribution in [0.25, 0.3) is 0 Å². The van der Waals surface area contributed by atoms with Crippen molar-refractivity contribution in [2.75, 3.05) is 0 Å². The minimum absolute atomic E-state index is 0.0622. The summed E-state index contributed by atoms with van der Waals surface area (Å²) in [5.74, 6) is -0.0614. The number of hydrogen-bond donors (Lipinski definition) is 1. The third kappa shape index (κ3) is 4.10. The zero-order valence-corrected chi connectivity index (χ0v) is 13.1. The van der Waals surface area contributed by atoms with Gasteiger partial charge in [0.05, 0.1) is 18.8 Å². The van der Waals surface area contributed by atoms with Crippen molar-refractivity contribution in [3.05, 3.63) is 48.5 Å². The van der Waals surface area contributed by atoms with Crippen molar-refractivity contribution in [2.24, 2.45) is 0 Å². The molecule has 1 heterocycles. The van der Waals surface area contributed by atoms with Crippen molar-refractivity contribution in [3.8, 4) is 5.75 Å². The topological polar surface area (TPSA) is 56.1 Å². The first-order valence-electron chi connectivity index (χ1n) is 7.92. The van der Waals surface area contributed by atoms with Crippen LogP contribution in [0.5, 0.6) is 5.75 Å². The van der Waals surface area contributed by atoms with Crippen LogP contribution in [0.2, 0.25) is 0 Å². The van der Waals surface area contributed by atoms with E-state index in [0.717, 1.165) is 19.3 Å². The minimum atomic E-state index is -2.87. The van der Waals surface area contributed by atoms with Crippen molar-refractivity contribution in [3.63, 3.8) is 0 Å². The number of alkyl halides is 2. The number of rotatable bonds is 6. The van der Waals surface area contributed by atoms with Gasteiger partial charge in [-0.05, 0) is 37.0 Å². The molecular formula is C17H19F2N3O2. The Morgan fingerprint density at radius 2 is 2.29 bits per heavy atom. The predicted octanol–water partition coefficient (Wildman–Crippen LogP) is 2.94. The lowest BCUT2D eigenvalue weighted by atomic mass is 10.1. The molecule has 1 aliphatic carbocycles. The second kappa shape index (κ2) is 7.42. The molecule has 0 saturated heterocycles. The van der Waals surface area contributed by atoms with Gasteiger partial charge in [0.15, 0.2) is 0 Å². The van der Waals surface area contributed by atoms with E-state index >= 15 is 0 Å². The van der Waals surface area contributed by atoms with Crippen LogP contribution >= 0.6 is 0 Å². The van der Waals surface area contributed by atoms with Crippen molar-refractivity contribution in [1.82, 2.24) is 14.9 Å². The van der Waals surface area contributed by atoms with Gasteiger partial charge in [-0.2, -0.15) is 8.78 Å². The van der Waals surface area contributed by atoms with E-state index in [4.69, 9.17) is 0 Å². The second-order valence-corrected chi connectivity index (χ2v) is 5.88. The summed E-state index contributed by atoms with van der Waals surface area (Å²) in [6.07, 6.45) is 8.49. The van der Waals surface area contributed by atoms with Gasteiger partial charge in [-0.25, -0.2) is 4.98 Å². The molecule has 0 bridgehead atoms. The molecule has 5 nitrogen and oxygen atoms in total. The third-order valence-corrected chi connectivity index (χ3v) is 4.22. The van der Waals surface area contributed by atoms with Gasteiger partial charge in [-0.3, -0.25) is 4.79 Å². The Balaban J connectivity index is 1.59. The summed E-state index contributed by atoms with van der Waals surface area (Å²) in [4.78, 5) is 16.3. The average Bonchev–Trinajstić information content (AvgIpc) is 3.17. The summed E-state index contributed by atoms with van der Waals surface area (Å²) < 4.78 is 30.9. The van der Waals surface area contributed by atoms with Crippen LogP contribution in [0.3, 0.4) is 0 Å². The molecule has 128 valence electrons. The van der Waals surface area contributed by atoms with E-state index < -0.39 is 6.61 Å². The zero-order chi connectivity index (χ0) is 16.9. The lowest BCUT2D eigenvalue weighted by Gasteiger charge is -2.22. The average molecular weight is 335 g/mol. The number of hydrogen-bond acceptors (Lipinski definition) is 3. The largest absolute Gasteiger partial charge is 0.435 e. The van der Waals surface area contributed by atoms with Gasteiger partial charge in [0, 0.05) is 18.4 Å². The first kappa shape index (κ1) is 16.4. The molecule has 1 aromatic carbocycles. The van der Waals surface area contributed by atoms with Crippen molar-refractivity contribution in [2.45, 2.75) is 44.4 Å². The number of benzene rings is 1. The van der Waals surface area contributed by atoms with E-state index in [1.54, 1.807) is 24.7 Å². The SMILES string of the molecule is O=C(Cc1cccc(OC(F)F)c1)N[C@H]1CCC[C@H]1n1ccnc1. The molecule has 0 unspecified atom stereocenters. The fourth-order valence-electron chi connectivity index (χ4n) is 3.21. The smallest absolute Gasteiger partial charge is 0.387 e. The van der Waals surface area contributed by atoms with E-state index in [-0.39, 0.29) is 30.2 Å². The first-order valence-corrected chi connectivity index (χ1v) is 7.92. The number of halogens is 2. The van der Waals surface area contributed by atoms with Crippen LogP contribution < -0.4 is 10.1 Å². The number of carbonyl (C=O) groups excluding carboxylic acids is 1. The highest BCUT2D eigenvalue weighted by molar-refractivity contribution is 5.79. The van der Waals surface area contributed by atoms with Crippen LogP contribution in [0, 0.1) is 0 Å². The highest BCUT2D eigenvalue weighted by Crippen LogP contribution is 2.30. The van der Waals surface area contributed by atoms with Crippen LogP contribution in [-0.4, -0.2) is 28.1 Å². The normalized spacial score (nSPS) is 20.3. The fourth-order valence-corrected chi connectivity index (χ4v) is 3.21. The van der Waals surface area contributed by atoms with E-state index in [0.29, 0.717) is 5.56 Å². The Bertz CT molecular complexity index is 676. The molecule has 0 radical (unpaired) electrons.